The van der Waals surface area contributed by atoms with E-state index in [0.717, 1.165) is 41.8 Å². The number of halogens is 1. The highest BCUT2D eigenvalue weighted by molar-refractivity contribution is 6.04. The minimum absolute atomic E-state index is 0.0860. The van der Waals surface area contributed by atoms with Gasteiger partial charge in [-0.05, 0) is 67.6 Å². The van der Waals surface area contributed by atoms with Crippen molar-refractivity contribution in [3.63, 3.8) is 0 Å². The van der Waals surface area contributed by atoms with E-state index in [1.54, 1.807) is 17.0 Å². The summed E-state index contributed by atoms with van der Waals surface area (Å²) in [5, 5.41) is 2.62. The number of anilines is 3. The van der Waals surface area contributed by atoms with Gasteiger partial charge in [-0.3, -0.25) is 14.4 Å². The highest BCUT2D eigenvalue weighted by Crippen LogP contribution is 2.38. The zero-order chi connectivity index (χ0) is 21.7. The lowest BCUT2D eigenvalue weighted by atomic mass is 10.1. The highest BCUT2D eigenvalue weighted by atomic mass is 19.1. The molecule has 0 spiro atoms. The van der Waals surface area contributed by atoms with Gasteiger partial charge in [0, 0.05) is 36.8 Å². The van der Waals surface area contributed by atoms with Crippen LogP contribution in [0.25, 0.3) is 0 Å². The van der Waals surface area contributed by atoms with Gasteiger partial charge in [0.15, 0.2) is 0 Å². The molecule has 2 heterocycles. The zero-order valence-electron chi connectivity index (χ0n) is 17.4. The van der Waals surface area contributed by atoms with Crippen LogP contribution in [0.5, 0.6) is 0 Å². The number of fused-ring (bicyclic) bond motifs is 1. The summed E-state index contributed by atoms with van der Waals surface area (Å²) in [7, 11) is 0. The lowest BCUT2D eigenvalue weighted by Crippen LogP contribution is -2.30. The van der Waals surface area contributed by atoms with Crippen LogP contribution in [-0.2, 0) is 20.8 Å². The number of aryl methyl sites for hydroxylation is 1. The fraction of sp³-hybridized carbons (Fsp3) is 0.375. The van der Waals surface area contributed by atoms with Crippen LogP contribution >= 0.6 is 0 Å². The van der Waals surface area contributed by atoms with E-state index in [1.165, 1.54) is 6.07 Å². The predicted molar refractivity (Wildman–Crippen MR) is 115 cm³/mol. The molecule has 2 fully saturated rings. The molecule has 2 aromatic rings. The molecule has 0 aromatic heterocycles. The molecule has 160 valence electrons. The molecule has 6 nitrogen and oxygen atoms in total. The molecule has 2 aliphatic heterocycles. The second-order valence-corrected chi connectivity index (χ2v) is 8.71. The van der Waals surface area contributed by atoms with E-state index in [0.29, 0.717) is 6.54 Å². The predicted octanol–water partition coefficient (Wildman–Crippen LogP) is 3.42. The Morgan fingerprint density at radius 3 is 2.68 bits per heavy atom. The van der Waals surface area contributed by atoms with Crippen molar-refractivity contribution in [2.75, 3.05) is 28.2 Å². The number of hydrogen-bond donors (Lipinski definition) is 1. The first-order valence-electron chi connectivity index (χ1n) is 10.7. The van der Waals surface area contributed by atoms with E-state index >= 15 is 0 Å². The summed E-state index contributed by atoms with van der Waals surface area (Å²) in [6.45, 7) is 2.75. The van der Waals surface area contributed by atoms with Crippen LogP contribution in [0.3, 0.4) is 0 Å². The summed E-state index contributed by atoms with van der Waals surface area (Å²) in [4.78, 5) is 41.3. The molecule has 1 saturated heterocycles. The van der Waals surface area contributed by atoms with Gasteiger partial charge in [-0.1, -0.05) is 6.07 Å². The average molecular weight is 421 g/mol. The van der Waals surface area contributed by atoms with Crippen LogP contribution in [0.4, 0.5) is 21.5 Å². The normalized spacial score (nSPS) is 20.2. The summed E-state index contributed by atoms with van der Waals surface area (Å²) >= 11 is 0. The number of carbonyl (C=O) groups excluding carboxylic acids is 3. The van der Waals surface area contributed by atoms with Gasteiger partial charge in [-0.15, -0.1) is 0 Å². The van der Waals surface area contributed by atoms with Crippen LogP contribution in [-0.4, -0.2) is 30.8 Å². The Morgan fingerprint density at radius 2 is 1.90 bits per heavy atom. The first-order chi connectivity index (χ1) is 14.9. The van der Waals surface area contributed by atoms with Crippen molar-refractivity contribution in [3.05, 3.63) is 53.3 Å². The molecule has 2 aromatic carbocycles. The number of amides is 3. The van der Waals surface area contributed by atoms with Crippen LogP contribution in [0.15, 0.2) is 36.4 Å². The Bertz CT molecular complexity index is 1100. The molecular formula is C24H24FN3O3. The van der Waals surface area contributed by atoms with Crippen molar-refractivity contribution < 1.29 is 18.8 Å². The monoisotopic (exact) mass is 421 g/mol. The summed E-state index contributed by atoms with van der Waals surface area (Å²) in [5.41, 5.74) is 3.69. The number of benzene rings is 2. The topological polar surface area (TPSA) is 69.7 Å². The molecule has 5 rings (SSSR count). The first kappa shape index (κ1) is 19.7. The number of rotatable bonds is 4. The quantitative estimate of drug-likeness (QED) is 0.822. The van der Waals surface area contributed by atoms with Crippen molar-refractivity contribution in [2.24, 2.45) is 11.8 Å². The minimum atomic E-state index is -0.548. The fourth-order valence-corrected chi connectivity index (χ4v) is 4.44. The molecule has 1 atom stereocenters. The van der Waals surface area contributed by atoms with Crippen LogP contribution < -0.4 is 15.1 Å². The molecule has 1 N–H and O–H groups in total. The maximum atomic E-state index is 14.0. The van der Waals surface area contributed by atoms with Gasteiger partial charge >= 0.3 is 0 Å². The lowest BCUT2D eigenvalue weighted by Gasteiger charge is -2.20. The Balaban J connectivity index is 1.30. The second kappa shape index (κ2) is 7.48. The third-order valence-corrected chi connectivity index (χ3v) is 6.34. The SMILES string of the molecule is Cc1ccc(F)c(NC(=O)C2CC(=O)N(c3ccc4c(c3)CCN4C(=O)C3CC3)C2)c1. The molecular weight excluding hydrogens is 397 g/mol. The van der Waals surface area contributed by atoms with Crippen molar-refractivity contribution >= 4 is 34.8 Å². The van der Waals surface area contributed by atoms with Gasteiger partial charge in [0.2, 0.25) is 17.7 Å². The van der Waals surface area contributed by atoms with Crippen molar-refractivity contribution in [3.8, 4) is 0 Å². The van der Waals surface area contributed by atoms with E-state index in [9.17, 15) is 18.8 Å². The van der Waals surface area contributed by atoms with Gasteiger partial charge in [0.1, 0.15) is 5.82 Å². The maximum Gasteiger partial charge on any atom is 0.230 e. The summed E-state index contributed by atoms with van der Waals surface area (Å²) < 4.78 is 14.0. The first-order valence-corrected chi connectivity index (χ1v) is 10.7. The van der Waals surface area contributed by atoms with Gasteiger partial charge in [0.05, 0.1) is 11.6 Å². The van der Waals surface area contributed by atoms with Gasteiger partial charge < -0.3 is 15.1 Å². The summed E-state index contributed by atoms with van der Waals surface area (Å²) in [5.74, 6) is -1.17. The van der Waals surface area contributed by atoms with Crippen molar-refractivity contribution in [1.82, 2.24) is 0 Å². The highest BCUT2D eigenvalue weighted by Gasteiger charge is 2.38. The van der Waals surface area contributed by atoms with Gasteiger partial charge in [0.25, 0.3) is 0 Å². The van der Waals surface area contributed by atoms with E-state index in [4.69, 9.17) is 0 Å². The largest absolute Gasteiger partial charge is 0.323 e. The molecule has 1 aliphatic carbocycles. The van der Waals surface area contributed by atoms with Crippen molar-refractivity contribution in [1.29, 1.82) is 0 Å². The number of hydrogen-bond acceptors (Lipinski definition) is 3. The summed E-state index contributed by atoms with van der Waals surface area (Å²) in [6.07, 6.45) is 2.80. The molecule has 7 heteroatoms. The third-order valence-electron chi connectivity index (χ3n) is 6.34. The van der Waals surface area contributed by atoms with E-state index in [1.807, 2.05) is 30.0 Å². The molecule has 0 bridgehead atoms. The Hall–Kier alpha value is -3.22. The second-order valence-electron chi connectivity index (χ2n) is 8.71. The van der Waals surface area contributed by atoms with E-state index < -0.39 is 11.7 Å². The summed E-state index contributed by atoms with van der Waals surface area (Å²) in [6, 6.07) is 10.2. The third kappa shape index (κ3) is 3.69. The van der Waals surface area contributed by atoms with E-state index in [-0.39, 0.29) is 42.3 Å². The maximum absolute atomic E-state index is 14.0. The van der Waals surface area contributed by atoms with Crippen LogP contribution in [0, 0.1) is 24.6 Å². The Kier molecular flexibility index (Phi) is 4.76. The smallest absolute Gasteiger partial charge is 0.230 e. The average Bonchev–Trinajstić information content (AvgIpc) is 3.40. The lowest BCUT2D eigenvalue weighted by molar-refractivity contribution is -0.122. The minimum Gasteiger partial charge on any atom is -0.323 e. The Labute approximate surface area is 180 Å². The standard InChI is InChI=1S/C24H24FN3O3/c1-14-2-6-19(25)20(10-14)26-23(30)17-12-22(29)28(13-17)18-5-7-21-16(11-18)8-9-27(21)24(31)15-3-4-15/h2,5-7,10-11,15,17H,3-4,8-9,12-13H2,1H3,(H,26,30). The molecule has 3 aliphatic rings. The fourth-order valence-electron chi connectivity index (χ4n) is 4.44. The molecule has 0 radical (unpaired) electrons. The molecule has 1 unspecified atom stereocenters. The van der Waals surface area contributed by atoms with Crippen molar-refractivity contribution in [2.45, 2.75) is 32.6 Å². The van der Waals surface area contributed by atoms with Crippen LogP contribution in [0.2, 0.25) is 0 Å². The number of carbonyl (C=O) groups is 3. The van der Waals surface area contributed by atoms with Crippen LogP contribution in [0.1, 0.15) is 30.4 Å². The number of nitrogens with one attached hydrogen (secondary N) is 1. The van der Waals surface area contributed by atoms with Gasteiger partial charge in [-0.25, -0.2) is 4.39 Å². The molecule has 31 heavy (non-hydrogen) atoms. The number of nitrogens with zero attached hydrogens (tertiary/aromatic N) is 2. The van der Waals surface area contributed by atoms with Gasteiger partial charge in [-0.2, -0.15) is 0 Å². The molecule has 1 saturated carbocycles. The zero-order valence-corrected chi connectivity index (χ0v) is 17.4. The molecule has 3 amide bonds. The Morgan fingerprint density at radius 1 is 1.10 bits per heavy atom. The van der Waals surface area contributed by atoms with E-state index in [2.05, 4.69) is 5.32 Å².